The summed E-state index contributed by atoms with van der Waals surface area (Å²) >= 11 is 0. The first-order valence-electron chi connectivity index (χ1n) is 13.6. The molecule has 3 saturated carbocycles. The summed E-state index contributed by atoms with van der Waals surface area (Å²) in [5.74, 6) is 1.41. The molecule has 0 aromatic heterocycles. The van der Waals surface area contributed by atoms with Crippen molar-refractivity contribution >= 4 is 23.4 Å². The minimum atomic E-state index is -0.952. The Morgan fingerprint density at radius 1 is 1.09 bits per heavy atom. The van der Waals surface area contributed by atoms with Gasteiger partial charge in [-0.15, -0.1) is 0 Å². The van der Waals surface area contributed by atoms with Crippen molar-refractivity contribution in [2.45, 2.75) is 91.0 Å². The molecule has 7 atom stereocenters. The maximum atomic E-state index is 12.5. The molecule has 1 heterocycles. The van der Waals surface area contributed by atoms with E-state index in [1.807, 2.05) is 0 Å². The minimum Gasteiger partial charge on any atom is -0.480 e. The van der Waals surface area contributed by atoms with Crippen LogP contribution in [-0.4, -0.2) is 52.6 Å². The standard InChI is InChI=1S/C28H40N2O5/c1-17(31)21-8-9-22-20-7-6-18-15-19(10-12-27(18,2)23(20)11-13-28(21,22)3)29-35-16-25(32)30-14-4-5-24(30)26(33)34/h15,20-24H,4-14,16H2,1-3H3,(H,33,34)/b29-19-/t20-,21-,22-,23-,24+,27-,28+/m0/s1. The Morgan fingerprint density at radius 2 is 1.89 bits per heavy atom. The van der Waals surface area contributed by atoms with Gasteiger partial charge >= 0.3 is 5.97 Å². The second-order valence-electron chi connectivity index (χ2n) is 12.2. The smallest absolute Gasteiger partial charge is 0.326 e. The summed E-state index contributed by atoms with van der Waals surface area (Å²) in [7, 11) is 0. The van der Waals surface area contributed by atoms with E-state index >= 15 is 0 Å². The van der Waals surface area contributed by atoms with Gasteiger partial charge in [0.2, 0.25) is 0 Å². The predicted octanol–water partition coefficient (Wildman–Crippen LogP) is 4.60. The fourth-order valence-electron chi connectivity index (χ4n) is 8.89. The summed E-state index contributed by atoms with van der Waals surface area (Å²) in [5, 5.41) is 13.6. The molecule has 0 aromatic rings. The van der Waals surface area contributed by atoms with Crippen LogP contribution in [0.1, 0.15) is 85.0 Å². The van der Waals surface area contributed by atoms with Gasteiger partial charge in [0, 0.05) is 12.5 Å². The molecule has 1 N–H and O–H groups in total. The number of Topliss-reactive ketones (excluding diaryl/α,β-unsaturated/α-hetero) is 1. The van der Waals surface area contributed by atoms with E-state index in [0.717, 1.165) is 37.8 Å². The van der Waals surface area contributed by atoms with E-state index in [0.29, 0.717) is 42.9 Å². The number of likely N-dealkylation sites (tertiary alicyclic amines) is 1. The highest BCUT2D eigenvalue weighted by atomic mass is 16.6. The molecule has 7 heteroatoms. The third kappa shape index (κ3) is 4.03. The first-order chi connectivity index (χ1) is 16.6. The monoisotopic (exact) mass is 484 g/mol. The summed E-state index contributed by atoms with van der Waals surface area (Å²) in [6.07, 6.45) is 12.2. The van der Waals surface area contributed by atoms with Crippen LogP contribution in [0.3, 0.4) is 0 Å². The SMILES string of the molecule is CC(=O)[C@@H]1CC[C@H]2[C@@H]3CCC4=C/C(=N\OCC(=O)N5CCC[C@@H]5C(=O)O)CC[C@]4(C)[C@H]3CC[C@]12C. The Kier molecular flexibility index (Phi) is 6.33. The lowest BCUT2D eigenvalue weighted by atomic mass is 9.46. The number of hydrogen-bond acceptors (Lipinski definition) is 5. The highest BCUT2D eigenvalue weighted by Crippen LogP contribution is 2.66. The van der Waals surface area contributed by atoms with Crippen LogP contribution < -0.4 is 0 Å². The highest BCUT2D eigenvalue weighted by Gasteiger charge is 2.59. The third-order valence-electron chi connectivity index (χ3n) is 10.7. The molecule has 5 aliphatic rings. The first kappa shape index (κ1) is 24.5. The first-order valence-corrected chi connectivity index (χ1v) is 13.6. The van der Waals surface area contributed by atoms with Crippen LogP contribution in [0.5, 0.6) is 0 Å². The van der Waals surface area contributed by atoms with E-state index in [1.165, 1.54) is 29.7 Å². The van der Waals surface area contributed by atoms with Crippen LogP contribution >= 0.6 is 0 Å². The summed E-state index contributed by atoms with van der Waals surface area (Å²) < 4.78 is 0. The second kappa shape index (κ2) is 9.04. The van der Waals surface area contributed by atoms with Crippen molar-refractivity contribution in [1.29, 1.82) is 0 Å². The van der Waals surface area contributed by atoms with Gasteiger partial charge in [-0.25, -0.2) is 4.79 Å². The Bertz CT molecular complexity index is 972. The van der Waals surface area contributed by atoms with Crippen molar-refractivity contribution in [2.75, 3.05) is 13.2 Å². The number of allylic oxidation sites excluding steroid dienone is 2. The molecule has 0 radical (unpaired) electrons. The quantitative estimate of drug-likeness (QED) is 0.575. The number of aliphatic carboxylic acids is 1. The molecular formula is C28H40N2O5. The molecule has 192 valence electrons. The van der Waals surface area contributed by atoms with Crippen molar-refractivity contribution in [1.82, 2.24) is 4.90 Å². The molecule has 4 aliphatic carbocycles. The molecule has 0 aromatic carbocycles. The average Bonchev–Trinajstić information content (AvgIpc) is 3.44. The fraction of sp³-hybridized carbons (Fsp3) is 0.786. The maximum Gasteiger partial charge on any atom is 0.326 e. The molecule has 1 aliphatic heterocycles. The summed E-state index contributed by atoms with van der Waals surface area (Å²) in [6, 6.07) is -0.741. The van der Waals surface area contributed by atoms with Gasteiger partial charge in [-0.2, -0.15) is 0 Å². The van der Waals surface area contributed by atoms with Crippen molar-refractivity contribution < 1.29 is 24.3 Å². The highest BCUT2D eigenvalue weighted by molar-refractivity contribution is 5.96. The number of carbonyl (C=O) groups is 3. The van der Waals surface area contributed by atoms with Crippen LogP contribution in [0.2, 0.25) is 0 Å². The number of carboxylic acids is 1. The number of nitrogens with zero attached hydrogens (tertiary/aromatic N) is 2. The molecule has 0 unspecified atom stereocenters. The third-order valence-corrected chi connectivity index (χ3v) is 10.7. The van der Waals surface area contributed by atoms with Crippen molar-refractivity contribution in [2.24, 2.45) is 39.7 Å². The Balaban J connectivity index is 1.24. The van der Waals surface area contributed by atoms with E-state index in [4.69, 9.17) is 4.84 Å². The van der Waals surface area contributed by atoms with Gasteiger partial charge in [0.25, 0.3) is 5.91 Å². The second-order valence-corrected chi connectivity index (χ2v) is 12.2. The lowest BCUT2D eigenvalue weighted by molar-refractivity contribution is -0.150. The largest absolute Gasteiger partial charge is 0.480 e. The van der Waals surface area contributed by atoms with E-state index in [-0.39, 0.29) is 29.3 Å². The predicted molar refractivity (Wildman–Crippen MR) is 132 cm³/mol. The van der Waals surface area contributed by atoms with Crippen LogP contribution in [0, 0.1) is 34.5 Å². The van der Waals surface area contributed by atoms with Crippen molar-refractivity contribution in [3.8, 4) is 0 Å². The zero-order valence-electron chi connectivity index (χ0n) is 21.4. The number of carbonyl (C=O) groups excluding carboxylic acids is 2. The number of oxime groups is 1. The van der Waals surface area contributed by atoms with E-state index in [1.54, 1.807) is 6.92 Å². The maximum absolute atomic E-state index is 12.5. The van der Waals surface area contributed by atoms with E-state index in [2.05, 4.69) is 25.1 Å². The van der Waals surface area contributed by atoms with Crippen molar-refractivity contribution in [3.63, 3.8) is 0 Å². The molecular weight excluding hydrogens is 444 g/mol. The number of rotatable bonds is 5. The van der Waals surface area contributed by atoms with Gasteiger partial charge in [0.15, 0.2) is 6.61 Å². The minimum absolute atomic E-state index is 0.178. The summed E-state index contributed by atoms with van der Waals surface area (Å²) in [5.41, 5.74) is 2.71. The number of ketones is 1. The Labute approximate surface area is 208 Å². The van der Waals surface area contributed by atoms with Crippen LogP contribution in [-0.2, 0) is 19.2 Å². The Morgan fingerprint density at radius 3 is 2.63 bits per heavy atom. The lowest BCUT2D eigenvalue weighted by Crippen LogP contribution is -2.51. The molecule has 1 saturated heterocycles. The van der Waals surface area contributed by atoms with Gasteiger partial charge in [-0.05, 0) is 106 Å². The molecule has 0 spiro atoms. The molecule has 1 amide bonds. The number of carboxylic acid groups (broad SMARTS) is 1. The molecule has 7 nitrogen and oxygen atoms in total. The molecule has 35 heavy (non-hydrogen) atoms. The molecule has 4 fully saturated rings. The van der Waals surface area contributed by atoms with Gasteiger partial charge in [-0.1, -0.05) is 24.6 Å². The van der Waals surface area contributed by atoms with E-state index in [9.17, 15) is 19.5 Å². The number of fused-ring (bicyclic) bond motifs is 5. The number of hydrogen-bond donors (Lipinski definition) is 1. The zero-order chi connectivity index (χ0) is 25.0. The topological polar surface area (TPSA) is 96.3 Å². The van der Waals surface area contributed by atoms with Crippen LogP contribution in [0.15, 0.2) is 16.8 Å². The molecule has 0 bridgehead atoms. The van der Waals surface area contributed by atoms with Gasteiger partial charge in [0.05, 0.1) is 5.71 Å². The summed E-state index contributed by atoms with van der Waals surface area (Å²) in [6.45, 7) is 6.88. The molecule has 5 rings (SSSR count). The van der Waals surface area contributed by atoms with Gasteiger partial charge in [-0.3, -0.25) is 9.59 Å². The van der Waals surface area contributed by atoms with Crippen molar-refractivity contribution in [3.05, 3.63) is 11.6 Å². The summed E-state index contributed by atoms with van der Waals surface area (Å²) in [4.78, 5) is 43.0. The zero-order valence-corrected chi connectivity index (χ0v) is 21.4. The Hall–Kier alpha value is -2.18. The van der Waals surface area contributed by atoms with Crippen LogP contribution in [0.4, 0.5) is 0 Å². The fourth-order valence-corrected chi connectivity index (χ4v) is 8.89. The van der Waals surface area contributed by atoms with E-state index < -0.39 is 12.0 Å². The normalized spacial score (nSPS) is 41.6. The lowest BCUT2D eigenvalue weighted by Gasteiger charge is -2.58. The average molecular weight is 485 g/mol. The van der Waals surface area contributed by atoms with Crippen LogP contribution in [0.25, 0.3) is 0 Å². The van der Waals surface area contributed by atoms with Gasteiger partial charge < -0.3 is 14.8 Å². The number of amides is 1. The van der Waals surface area contributed by atoms with Gasteiger partial charge in [0.1, 0.15) is 11.8 Å².